The fourth-order valence-corrected chi connectivity index (χ4v) is 9.79. The molecule has 4 saturated carbocycles. The SMILES string of the molecule is CC(CCC(=O)NC(CCCCN)C(=O)O)[C@H]1CC[C@H]2[C@@H]3CC[C@@H]4C[C@H](O)CC[C@]4(C)[C@H]3CC[C@]12C. The molecule has 0 aromatic heterocycles. The summed E-state index contributed by atoms with van der Waals surface area (Å²) in [6.07, 6.45) is 14.1. The highest BCUT2D eigenvalue weighted by Crippen LogP contribution is 2.68. The number of carboxylic acid groups (broad SMARTS) is 1. The van der Waals surface area contributed by atoms with E-state index in [1.807, 2.05) is 0 Å². The molecule has 0 spiro atoms. The molecule has 0 saturated heterocycles. The van der Waals surface area contributed by atoms with Crippen molar-refractivity contribution in [1.29, 1.82) is 0 Å². The van der Waals surface area contributed by atoms with Crippen LogP contribution in [-0.4, -0.2) is 40.8 Å². The average molecular weight is 505 g/mol. The number of carboxylic acids is 1. The van der Waals surface area contributed by atoms with Gasteiger partial charge in [0, 0.05) is 6.42 Å². The van der Waals surface area contributed by atoms with Gasteiger partial charge in [-0.2, -0.15) is 0 Å². The Hall–Kier alpha value is -1.14. The molecule has 36 heavy (non-hydrogen) atoms. The van der Waals surface area contributed by atoms with Crippen LogP contribution in [0.5, 0.6) is 0 Å². The third-order valence-electron chi connectivity index (χ3n) is 11.8. The van der Waals surface area contributed by atoms with Crippen molar-refractivity contribution in [3.8, 4) is 0 Å². The summed E-state index contributed by atoms with van der Waals surface area (Å²) < 4.78 is 0. The second-order valence-corrected chi connectivity index (χ2v) is 13.6. The van der Waals surface area contributed by atoms with E-state index >= 15 is 0 Å². The van der Waals surface area contributed by atoms with E-state index in [1.165, 1.54) is 44.9 Å². The van der Waals surface area contributed by atoms with E-state index in [2.05, 4.69) is 26.1 Å². The van der Waals surface area contributed by atoms with Gasteiger partial charge in [0.15, 0.2) is 0 Å². The standard InChI is InChI=1S/C30H52N2O4/c1-19(7-12-27(34)32-26(28(35)36)6-4-5-17-31)23-10-11-24-22-9-8-20-18-21(33)13-15-29(20,2)25(22)14-16-30(23,24)3/h19-26,33H,4-18,31H2,1-3H3,(H,32,34)(H,35,36)/t19?,20-,21-,22+,23-,24+,25+,26?,29+,30-/m1/s1. The van der Waals surface area contributed by atoms with Gasteiger partial charge >= 0.3 is 5.97 Å². The Balaban J connectivity index is 1.33. The Morgan fingerprint density at radius 1 is 0.972 bits per heavy atom. The van der Waals surface area contributed by atoms with Gasteiger partial charge in [-0.15, -0.1) is 0 Å². The topological polar surface area (TPSA) is 113 Å². The van der Waals surface area contributed by atoms with Crippen molar-refractivity contribution in [2.45, 2.75) is 123 Å². The summed E-state index contributed by atoms with van der Waals surface area (Å²) in [4.78, 5) is 24.2. The van der Waals surface area contributed by atoms with Crippen LogP contribution in [0.2, 0.25) is 0 Å². The molecule has 10 atom stereocenters. The van der Waals surface area contributed by atoms with Crippen molar-refractivity contribution < 1.29 is 19.8 Å². The number of rotatable bonds is 10. The molecular weight excluding hydrogens is 452 g/mol. The molecule has 4 aliphatic rings. The van der Waals surface area contributed by atoms with Crippen LogP contribution in [0, 0.1) is 46.3 Å². The summed E-state index contributed by atoms with van der Waals surface area (Å²) >= 11 is 0. The van der Waals surface area contributed by atoms with Gasteiger partial charge in [-0.05, 0) is 136 Å². The molecule has 4 aliphatic carbocycles. The number of amides is 1. The first-order chi connectivity index (χ1) is 17.1. The summed E-state index contributed by atoms with van der Waals surface area (Å²) in [6, 6.07) is -0.805. The molecule has 4 fully saturated rings. The molecule has 0 bridgehead atoms. The van der Waals surface area contributed by atoms with Crippen molar-refractivity contribution in [2.24, 2.45) is 52.1 Å². The lowest BCUT2D eigenvalue weighted by Crippen LogP contribution is -2.54. The predicted octanol–water partition coefficient (Wildman–Crippen LogP) is 5.12. The van der Waals surface area contributed by atoms with Crippen LogP contribution in [-0.2, 0) is 9.59 Å². The van der Waals surface area contributed by atoms with Crippen LogP contribution in [0.3, 0.4) is 0 Å². The van der Waals surface area contributed by atoms with Crippen LogP contribution in [0.25, 0.3) is 0 Å². The number of carbonyl (C=O) groups is 2. The Kier molecular flexibility index (Phi) is 8.76. The van der Waals surface area contributed by atoms with E-state index in [-0.39, 0.29) is 12.0 Å². The van der Waals surface area contributed by atoms with E-state index in [4.69, 9.17) is 5.73 Å². The number of nitrogens with two attached hydrogens (primary N) is 1. The smallest absolute Gasteiger partial charge is 0.326 e. The van der Waals surface area contributed by atoms with E-state index in [0.29, 0.717) is 54.4 Å². The normalized spacial score (nSPS) is 41.5. The van der Waals surface area contributed by atoms with Crippen molar-refractivity contribution in [1.82, 2.24) is 5.32 Å². The summed E-state index contributed by atoms with van der Waals surface area (Å²) in [5, 5.41) is 22.5. The van der Waals surface area contributed by atoms with Gasteiger partial charge in [0.2, 0.25) is 5.91 Å². The Bertz CT molecular complexity index is 789. The lowest BCUT2D eigenvalue weighted by molar-refractivity contribution is -0.142. The molecule has 5 N–H and O–H groups in total. The molecule has 4 rings (SSSR count). The largest absolute Gasteiger partial charge is 0.480 e. The summed E-state index contributed by atoms with van der Waals surface area (Å²) in [5.41, 5.74) is 6.30. The molecule has 206 valence electrons. The van der Waals surface area contributed by atoms with Gasteiger partial charge in [0.05, 0.1) is 6.10 Å². The Labute approximate surface area is 218 Å². The highest BCUT2D eigenvalue weighted by atomic mass is 16.4. The molecular formula is C30H52N2O4. The van der Waals surface area contributed by atoms with Gasteiger partial charge in [-0.3, -0.25) is 4.79 Å². The summed E-state index contributed by atoms with van der Waals surface area (Å²) in [6.45, 7) is 7.98. The predicted molar refractivity (Wildman–Crippen MR) is 142 cm³/mol. The van der Waals surface area contributed by atoms with Crippen LogP contribution in [0.15, 0.2) is 0 Å². The van der Waals surface area contributed by atoms with Crippen LogP contribution >= 0.6 is 0 Å². The first kappa shape index (κ1) is 27.9. The average Bonchev–Trinajstić information content (AvgIpc) is 3.19. The monoisotopic (exact) mass is 504 g/mol. The first-order valence-electron chi connectivity index (χ1n) is 15.0. The molecule has 0 heterocycles. The highest BCUT2D eigenvalue weighted by molar-refractivity contribution is 5.83. The molecule has 0 aliphatic heterocycles. The maximum absolute atomic E-state index is 12.6. The first-order valence-corrected chi connectivity index (χ1v) is 15.0. The maximum atomic E-state index is 12.6. The zero-order valence-corrected chi connectivity index (χ0v) is 23.0. The number of hydrogen-bond acceptors (Lipinski definition) is 4. The molecule has 6 heteroatoms. The van der Waals surface area contributed by atoms with Gasteiger partial charge in [-0.25, -0.2) is 4.79 Å². The fraction of sp³-hybridized carbons (Fsp3) is 0.933. The van der Waals surface area contributed by atoms with Crippen LogP contribution in [0.1, 0.15) is 111 Å². The molecule has 0 aromatic rings. The van der Waals surface area contributed by atoms with Gasteiger partial charge in [0.25, 0.3) is 0 Å². The number of carbonyl (C=O) groups excluding carboxylic acids is 1. The summed E-state index contributed by atoms with van der Waals surface area (Å²) in [7, 11) is 0. The Morgan fingerprint density at radius 3 is 2.42 bits per heavy atom. The molecule has 6 nitrogen and oxygen atoms in total. The van der Waals surface area contributed by atoms with Crippen molar-refractivity contribution in [2.75, 3.05) is 6.54 Å². The molecule has 2 unspecified atom stereocenters. The molecule has 0 aromatic carbocycles. The molecule has 1 amide bonds. The number of aliphatic hydroxyl groups is 1. The third kappa shape index (κ3) is 5.36. The quantitative estimate of drug-likeness (QED) is 0.308. The zero-order chi connectivity index (χ0) is 26.1. The van der Waals surface area contributed by atoms with Gasteiger partial charge < -0.3 is 21.3 Å². The number of hydrogen-bond donors (Lipinski definition) is 4. The fourth-order valence-electron chi connectivity index (χ4n) is 9.79. The lowest BCUT2D eigenvalue weighted by Gasteiger charge is -2.61. The number of fused-ring (bicyclic) bond motifs is 5. The minimum absolute atomic E-state index is 0.0842. The van der Waals surface area contributed by atoms with Crippen LogP contribution < -0.4 is 11.1 Å². The number of aliphatic hydroxyl groups excluding tert-OH is 1. The minimum Gasteiger partial charge on any atom is -0.480 e. The molecule has 0 radical (unpaired) electrons. The number of nitrogens with one attached hydrogen (secondary N) is 1. The minimum atomic E-state index is -0.952. The van der Waals surface area contributed by atoms with Crippen molar-refractivity contribution >= 4 is 11.9 Å². The second kappa shape index (κ2) is 11.3. The van der Waals surface area contributed by atoms with Crippen molar-refractivity contribution in [3.63, 3.8) is 0 Å². The zero-order valence-electron chi connectivity index (χ0n) is 23.0. The van der Waals surface area contributed by atoms with Crippen LogP contribution in [0.4, 0.5) is 0 Å². The second-order valence-electron chi connectivity index (χ2n) is 13.6. The van der Waals surface area contributed by atoms with Gasteiger partial charge in [-0.1, -0.05) is 20.8 Å². The number of unbranched alkanes of at least 4 members (excludes halogenated alkanes) is 1. The van der Waals surface area contributed by atoms with Crippen molar-refractivity contribution in [3.05, 3.63) is 0 Å². The van der Waals surface area contributed by atoms with E-state index < -0.39 is 12.0 Å². The Morgan fingerprint density at radius 2 is 1.69 bits per heavy atom. The lowest BCUT2D eigenvalue weighted by atomic mass is 9.44. The van der Waals surface area contributed by atoms with E-state index in [9.17, 15) is 19.8 Å². The third-order valence-corrected chi connectivity index (χ3v) is 11.8. The van der Waals surface area contributed by atoms with E-state index in [1.54, 1.807) is 0 Å². The summed E-state index contributed by atoms with van der Waals surface area (Å²) in [5.74, 6) is 3.17. The van der Waals surface area contributed by atoms with Gasteiger partial charge in [0.1, 0.15) is 6.04 Å². The number of aliphatic carboxylic acids is 1. The highest BCUT2D eigenvalue weighted by Gasteiger charge is 2.60. The van der Waals surface area contributed by atoms with E-state index in [0.717, 1.165) is 43.4 Å². The maximum Gasteiger partial charge on any atom is 0.326 e.